The summed E-state index contributed by atoms with van der Waals surface area (Å²) >= 11 is 0.281. The molecular formula is C18H22O2Se. The third-order valence-electron chi connectivity index (χ3n) is 3.51. The van der Waals surface area contributed by atoms with Crippen molar-refractivity contribution in [3.8, 4) is 0 Å². The zero-order valence-corrected chi connectivity index (χ0v) is 14.2. The van der Waals surface area contributed by atoms with Crippen LogP contribution in [-0.4, -0.2) is 27.2 Å². The van der Waals surface area contributed by atoms with Crippen molar-refractivity contribution in [2.24, 2.45) is 0 Å². The molecule has 0 aliphatic heterocycles. The number of aliphatic hydroxyl groups excluding tert-OH is 1. The molecule has 0 amide bonds. The Balaban J connectivity index is 2.08. The van der Waals surface area contributed by atoms with E-state index in [1.165, 1.54) is 10.0 Å². The Labute approximate surface area is 133 Å². The third kappa shape index (κ3) is 4.42. The normalized spacial score (nSPS) is 13.9. The SMILES string of the molecule is CC[C@H](O)c1ccccc1[Se]C[C@@H](OC)c1ccccc1. The average molecular weight is 349 g/mol. The van der Waals surface area contributed by atoms with Gasteiger partial charge in [0.15, 0.2) is 0 Å². The van der Waals surface area contributed by atoms with Gasteiger partial charge in [-0.05, 0) is 0 Å². The fourth-order valence-electron chi connectivity index (χ4n) is 2.24. The molecule has 0 saturated heterocycles. The van der Waals surface area contributed by atoms with E-state index in [0.29, 0.717) is 0 Å². The molecule has 1 N–H and O–H groups in total. The van der Waals surface area contributed by atoms with E-state index in [2.05, 4.69) is 18.2 Å². The first-order chi connectivity index (χ1) is 10.3. The van der Waals surface area contributed by atoms with Crippen molar-refractivity contribution in [1.82, 2.24) is 0 Å². The molecule has 2 atom stereocenters. The number of hydrogen-bond acceptors (Lipinski definition) is 2. The predicted octanol–water partition coefficient (Wildman–Crippen LogP) is 3.27. The fraction of sp³-hybridized carbons (Fsp3) is 0.333. The van der Waals surface area contributed by atoms with E-state index in [4.69, 9.17) is 4.74 Å². The summed E-state index contributed by atoms with van der Waals surface area (Å²) in [4.78, 5) is 0. The summed E-state index contributed by atoms with van der Waals surface area (Å²) in [6.07, 6.45) is 0.512. The van der Waals surface area contributed by atoms with E-state index in [1.54, 1.807) is 7.11 Å². The van der Waals surface area contributed by atoms with Crippen LogP contribution >= 0.6 is 0 Å². The topological polar surface area (TPSA) is 29.5 Å². The molecule has 21 heavy (non-hydrogen) atoms. The van der Waals surface area contributed by atoms with E-state index in [0.717, 1.165) is 17.3 Å². The van der Waals surface area contributed by atoms with Crippen molar-refractivity contribution in [3.63, 3.8) is 0 Å². The van der Waals surface area contributed by atoms with Gasteiger partial charge in [0.1, 0.15) is 0 Å². The van der Waals surface area contributed by atoms with Crippen LogP contribution in [0.5, 0.6) is 0 Å². The Hall–Kier alpha value is -1.12. The zero-order valence-electron chi connectivity index (χ0n) is 12.5. The molecule has 2 nitrogen and oxygen atoms in total. The van der Waals surface area contributed by atoms with Gasteiger partial charge in [0.05, 0.1) is 0 Å². The second kappa shape index (κ2) is 8.35. The van der Waals surface area contributed by atoms with Crippen LogP contribution in [0.3, 0.4) is 0 Å². The van der Waals surface area contributed by atoms with Crippen molar-refractivity contribution in [3.05, 3.63) is 65.7 Å². The van der Waals surface area contributed by atoms with Crippen LogP contribution in [0.25, 0.3) is 0 Å². The van der Waals surface area contributed by atoms with Gasteiger partial charge >= 0.3 is 133 Å². The van der Waals surface area contributed by atoms with Gasteiger partial charge < -0.3 is 0 Å². The third-order valence-corrected chi connectivity index (χ3v) is 5.93. The van der Waals surface area contributed by atoms with Gasteiger partial charge in [0.25, 0.3) is 0 Å². The molecule has 112 valence electrons. The van der Waals surface area contributed by atoms with Crippen LogP contribution in [0.1, 0.15) is 36.7 Å². The summed E-state index contributed by atoms with van der Waals surface area (Å²) in [5.41, 5.74) is 2.29. The van der Waals surface area contributed by atoms with E-state index in [9.17, 15) is 5.11 Å². The molecule has 0 saturated carbocycles. The summed E-state index contributed by atoms with van der Waals surface area (Å²) in [6, 6.07) is 18.5. The van der Waals surface area contributed by atoms with Crippen molar-refractivity contribution in [2.75, 3.05) is 7.11 Å². The summed E-state index contributed by atoms with van der Waals surface area (Å²) in [5.74, 6) is 0. The number of aliphatic hydroxyl groups is 1. The van der Waals surface area contributed by atoms with Crippen LogP contribution in [-0.2, 0) is 4.74 Å². The molecule has 3 heteroatoms. The van der Waals surface area contributed by atoms with Gasteiger partial charge in [-0.3, -0.25) is 0 Å². The second-order valence-corrected chi connectivity index (χ2v) is 7.14. The van der Waals surface area contributed by atoms with Crippen molar-refractivity contribution in [2.45, 2.75) is 30.9 Å². The number of ether oxygens (including phenoxy) is 1. The van der Waals surface area contributed by atoms with Gasteiger partial charge in [-0.2, -0.15) is 0 Å². The van der Waals surface area contributed by atoms with Crippen LogP contribution in [0.2, 0.25) is 5.32 Å². The van der Waals surface area contributed by atoms with Crippen LogP contribution < -0.4 is 4.46 Å². The second-order valence-electron chi connectivity index (χ2n) is 4.91. The number of methoxy groups -OCH3 is 1. The zero-order chi connectivity index (χ0) is 15.1. The average Bonchev–Trinajstić information content (AvgIpc) is 2.56. The molecule has 2 aromatic carbocycles. The fourth-order valence-corrected chi connectivity index (χ4v) is 4.77. The summed E-state index contributed by atoms with van der Waals surface area (Å²) < 4.78 is 6.91. The van der Waals surface area contributed by atoms with Crippen LogP contribution in [0.15, 0.2) is 54.6 Å². The predicted molar refractivity (Wildman–Crippen MR) is 88.1 cm³/mol. The first-order valence-corrected chi connectivity index (χ1v) is 9.30. The van der Waals surface area contributed by atoms with Crippen LogP contribution in [0, 0.1) is 0 Å². The Morgan fingerprint density at radius 2 is 1.71 bits per heavy atom. The van der Waals surface area contributed by atoms with Gasteiger partial charge in [-0.1, -0.05) is 0 Å². The molecule has 2 aromatic rings. The molecule has 0 radical (unpaired) electrons. The number of rotatable bonds is 7. The quantitative estimate of drug-likeness (QED) is 0.778. The number of hydrogen-bond donors (Lipinski definition) is 1. The Morgan fingerprint density at radius 1 is 1.05 bits per heavy atom. The van der Waals surface area contributed by atoms with Gasteiger partial charge in [0.2, 0.25) is 0 Å². The summed E-state index contributed by atoms with van der Waals surface area (Å²) in [7, 11) is 1.76. The molecule has 0 spiro atoms. The standard InChI is InChI=1S/C18H22O2Se/c1-3-16(19)15-11-7-8-12-18(15)21-13-17(20-2)14-9-5-4-6-10-14/h4-12,16-17,19H,3,13H2,1-2H3/t16-,17+/m0/s1. The van der Waals surface area contributed by atoms with Gasteiger partial charge in [0, 0.05) is 0 Å². The first-order valence-electron chi connectivity index (χ1n) is 7.23. The molecule has 0 fully saturated rings. The van der Waals surface area contributed by atoms with E-state index < -0.39 is 0 Å². The van der Waals surface area contributed by atoms with Crippen molar-refractivity contribution < 1.29 is 9.84 Å². The molecule has 0 aliphatic carbocycles. The van der Waals surface area contributed by atoms with E-state index in [-0.39, 0.29) is 27.2 Å². The van der Waals surface area contributed by atoms with E-state index >= 15 is 0 Å². The van der Waals surface area contributed by atoms with Crippen molar-refractivity contribution in [1.29, 1.82) is 0 Å². The molecule has 0 aromatic heterocycles. The minimum absolute atomic E-state index is 0.123. The Bertz CT molecular complexity index is 542. The van der Waals surface area contributed by atoms with Crippen LogP contribution in [0.4, 0.5) is 0 Å². The Kier molecular flexibility index (Phi) is 6.47. The number of benzene rings is 2. The maximum atomic E-state index is 10.1. The molecule has 0 heterocycles. The molecular weight excluding hydrogens is 327 g/mol. The monoisotopic (exact) mass is 350 g/mol. The maximum absolute atomic E-state index is 10.1. The Morgan fingerprint density at radius 3 is 2.38 bits per heavy atom. The first kappa shape index (κ1) is 16.3. The molecule has 0 unspecified atom stereocenters. The van der Waals surface area contributed by atoms with Gasteiger partial charge in [-0.15, -0.1) is 0 Å². The molecule has 0 aliphatic rings. The van der Waals surface area contributed by atoms with Gasteiger partial charge in [-0.25, -0.2) is 0 Å². The summed E-state index contributed by atoms with van der Waals surface area (Å²) in [6.45, 7) is 2.01. The molecule has 2 rings (SSSR count). The minimum atomic E-state index is -0.360. The summed E-state index contributed by atoms with van der Waals surface area (Å²) in [5, 5.41) is 11.1. The van der Waals surface area contributed by atoms with Crippen molar-refractivity contribution >= 4 is 19.4 Å². The molecule has 0 bridgehead atoms. The van der Waals surface area contributed by atoms with E-state index in [1.807, 2.05) is 43.3 Å².